The molecule has 1 N–H and O–H groups in total. The van der Waals surface area contributed by atoms with Crippen LogP contribution in [-0.2, 0) is 26.4 Å². The summed E-state index contributed by atoms with van der Waals surface area (Å²) in [5.41, 5.74) is 1.95. The molecule has 4 aromatic rings. The zero-order chi connectivity index (χ0) is 27.7. The standard InChI is InChI=1S/C26H24Cl2N2O6S2/c1-17-23-15-21(9-12-24(23)36-25(17)26(31)29-13-14-37(2,32)33)30(16-18-3-5-19(27)6-4-18)38(34,35)22-10-7-20(28)8-11-22/h3-12,15H,13-14,16H2,1-2H3,(H,29,31). The van der Waals surface area contributed by atoms with E-state index in [1.54, 1.807) is 49.4 Å². The van der Waals surface area contributed by atoms with E-state index in [-0.39, 0.29) is 29.5 Å². The Bertz CT molecular complexity index is 1700. The molecule has 0 saturated heterocycles. The van der Waals surface area contributed by atoms with Gasteiger partial charge in [-0.05, 0) is 67.1 Å². The first kappa shape index (κ1) is 28.0. The van der Waals surface area contributed by atoms with Gasteiger partial charge in [0.15, 0.2) is 5.76 Å². The summed E-state index contributed by atoms with van der Waals surface area (Å²) in [5, 5.41) is 4.02. The first-order valence-corrected chi connectivity index (χ1v) is 15.6. The van der Waals surface area contributed by atoms with Gasteiger partial charge in [-0.2, -0.15) is 0 Å². The van der Waals surface area contributed by atoms with Crippen LogP contribution in [0.15, 0.2) is 76.0 Å². The minimum atomic E-state index is -4.02. The molecule has 200 valence electrons. The second kappa shape index (κ2) is 11.0. The molecule has 1 amide bonds. The number of sulfone groups is 1. The van der Waals surface area contributed by atoms with Crippen molar-refractivity contribution in [3.63, 3.8) is 0 Å². The summed E-state index contributed by atoms with van der Waals surface area (Å²) in [6.07, 6.45) is 1.08. The van der Waals surface area contributed by atoms with Crippen molar-refractivity contribution in [1.29, 1.82) is 0 Å². The SMILES string of the molecule is Cc1c(C(=O)NCCS(C)(=O)=O)oc2ccc(N(Cc3ccc(Cl)cc3)S(=O)(=O)c3ccc(Cl)cc3)cc12. The van der Waals surface area contributed by atoms with Gasteiger partial charge in [0, 0.05) is 33.8 Å². The van der Waals surface area contributed by atoms with Gasteiger partial charge in [-0.3, -0.25) is 9.10 Å². The van der Waals surface area contributed by atoms with Crippen LogP contribution >= 0.6 is 23.2 Å². The highest BCUT2D eigenvalue weighted by molar-refractivity contribution is 7.92. The number of amides is 1. The highest BCUT2D eigenvalue weighted by Crippen LogP contribution is 2.33. The molecule has 3 aromatic carbocycles. The maximum atomic E-state index is 13.8. The topological polar surface area (TPSA) is 114 Å². The van der Waals surface area contributed by atoms with Crippen LogP contribution in [0.1, 0.15) is 21.7 Å². The van der Waals surface area contributed by atoms with E-state index < -0.39 is 25.8 Å². The molecule has 12 heteroatoms. The third-order valence-corrected chi connectivity index (χ3v) is 9.05. The number of furan rings is 1. The minimum Gasteiger partial charge on any atom is -0.451 e. The summed E-state index contributed by atoms with van der Waals surface area (Å²) in [6, 6.07) is 17.6. The summed E-state index contributed by atoms with van der Waals surface area (Å²) in [6.45, 7) is 1.63. The van der Waals surface area contributed by atoms with Gasteiger partial charge in [0.1, 0.15) is 15.4 Å². The molecule has 0 radical (unpaired) electrons. The van der Waals surface area contributed by atoms with Crippen molar-refractivity contribution in [2.24, 2.45) is 0 Å². The molecule has 0 unspecified atom stereocenters. The first-order valence-electron chi connectivity index (χ1n) is 11.4. The van der Waals surface area contributed by atoms with Crippen LogP contribution in [0.2, 0.25) is 10.0 Å². The van der Waals surface area contributed by atoms with Crippen LogP contribution in [-0.4, -0.2) is 41.3 Å². The second-order valence-corrected chi connectivity index (χ2v) is 13.7. The molecule has 0 aliphatic carbocycles. The smallest absolute Gasteiger partial charge is 0.287 e. The fraction of sp³-hybridized carbons (Fsp3) is 0.192. The fourth-order valence-electron chi connectivity index (χ4n) is 3.82. The molecule has 0 bridgehead atoms. The van der Waals surface area contributed by atoms with Crippen molar-refractivity contribution in [2.45, 2.75) is 18.4 Å². The van der Waals surface area contributed by atoms with Gasteiger partial charge in [-0.25, -0.2) is 16.8 Å². The van der Waals surface area contributed by atoms with E-state index >= 15 is 0 Å². The molecule has 0 spiro atoms. The molecular weight excluding hydrogens is 571 g/mol. The van der Waals surface area contributed by atoms with E-state index in [9.17, 15) is 21.6 Å². The molecule has 0 saturated carbocycles. The number of halogens is 2. The van der Waals surface area contributed by atoms with Crippen LogP contribution in [0.4, 0.5) is 5.69 Å². The molecular formula is C26H24Cl2N2O6S2. The predicted molar refractivity (Wildman–Crippen MR) is 149 cm³/mol. The Labute approximate surface area is 231 Å². The molecule has 4 rings (SSSR count). The summed E-state index contributed by atoms with van der Waals surface area (Å²) >= 11 is 12.0. The largest absolute Gasteiger partial charge is 0.451 e. The highest BCUT2D eigenvalue weighted by atomic mass is 35.5. The van der Waals surface area contributed by atoms with E-state index in [2.05, 4.69) is 5.32 Å². The second-order valence-electron chi connectivity index (χ2n) is 8.71. The van der Waals surface area contributed by atoms with E-state index in [4.69, 9.17) is 27.6 Å². The van der Waals surface area contributed by atoms with Crippen LogP contribution in [0.5, 0.6) is 0 Å². The van der Waals surface area contributed by atoms with Gasteiger partial charge < -0.3 is 9.73 Å². The number of nitrogens with zero attached hydrogens (tertiary/aromatic N) is 1. The van der Waals surface area contributed by atoms with Gasteiger partial charge in [0.05, 0.1) is 22.9 Å². The number of rotatable bonds is 9. The average molecular weight is 596 g/mol. The van der Waals surface area contributed by atoms with Gasteiger partial charge in [0.2, 0.25) is 0 Å². The van der Waals surface area contributed by atoms with E-state index in [0.717, 1.165) is 6.26 Å². The third-order valence-electron chi connectivity index (χ3n) is 5.81. The zero-order valence-corrected chi connectivity index (χ0v) is 23.6. The van der Waals surface area contributed by atoms with Crippen molar-refractivity contribution in [2.75, 3.05) is 22.9 Å². The number of carbonyl (C=O) groups excluding carboxylic acids is 1. The Balaban J connectivity index is 1.74. The van der Waals surface area contributed by atoms with Crippen LogP contribution in [0.25, 0.3) is 11.0 Å². The minimum absolute atomic E-state index is 0.0172. The van der Waals surface area contributed by atoms with Crippen LogP contribution in [0, 0.1) is 6.92 Å². The summed E-state index contributed by atoms with van der Waals surface area (Å²) in [5.74, 6) is -0.740. The van der Waals surface area contributed by atoms with E-state index in [0.29, 0.717) is 37.8 Å². The number of fused-ring (bicyclic) bond motifs is 1. The molecule has 0 atom stereocenters. The normalized spacial score (nSPS) is 12.0. The van der Waals surface area contributed by atoms with E-state index in [1.165, 1.54) is 28.6 Å². The molecule has 1 aromatic heterocycles. The van der Waals surface area contributed by atoms with Crippen molar-refractivity contribution in [3.8, 4) is 0 Å². The molecule has 8 nitrogen and oxygen atoms in total. The monoisotopic (exact) mass is 594 g/mol. The Kier molecular flexibility index (Phi) is 8.08. The molecule has 38 heavy (non-hydrogen) atoms. The quantitative estimate of drug-likeness (QED) is 0.284. The van der Waals surface area contributed by atoms with Gasteiger partial charge in [-0.1, -0.05) is 35.3 Å². The van der Waals surface area contributed by atoms with E-state index in [1.807, 2.05) is 0 Å². The Morgan fingerprint density at radius 2 is 1.53 bits per heavy atom. The van der Waals surface area contributed by atoms with Gasteiger partial charge >= 0.3 is 0 Å². The fourth-order valence-corrected chi connectivity index (χ4v) is 5.98. The highest BCUT2D eigenvalue weighted by Gasteiger charge is 2.27. The number of aryl methyl sites for hydroxylation is 1. The number of hydrogen-bond donors (Lipinski definition) is 1. The predicted octanol–water partition coefficient (Wildman–Crippen LogP) is 5.22. The Hall–Kier alpha value is -3.05. The number of carbonyl (C=O) groups is 1. The Morgan fingerprint density at radius 3 is 2.13 bits per heavy atom. The average Bonchev–Trinajstić information content (AvgIpc) is 3.19. The number of nitrogens with one attached hydrogen (secondary N) is 1. The van der Waals surface area contributed by atoms with Crippen molar-refractivity contribution >= 4 is 65.6 Å². The maximum Gasteiger partial charge on any atom is 0.287 e. The lowest BCUT2D eigenvalue weighted by Crippen LogP contribution is -2.30. The molecule has 0 aliphatic rings. The number of anilines is 1. The van der Waals surface area contributed by atoms with Crippen LogP contribution in [0.3, 0.4) is 0 Å². The van der Waals surface area contributed by atoms with Gasteiger partial charge in [0.25, 0.3) is 15.9 Å². The van der Waals surface area contributed by atoms with Crippen molar-refractivity contribution in [1.82, 2.24) is 5.32 Å². The lowest BCUT2D eigenvalue weighted by molar-refractivity contribution is 0.0930. The van der Waals surface area contributed by atoms with Gasteiger partial charge in [-0.15, -0.1) is 0 Å². The lowest BCUT2D eigenvalue weighted by Gasteiger charge is -2.25. The molecule has 1 heterocycles. The van der Waals surface area contributed by atoms with Crippen molar-refractivity contribution in [3.05, 3.63) is 93.7 Å². The first-order chi connectivity index (χ1) is 17.8. The maximum absolute atomic E-state index is 13.8. The lowest BCUT2D eigenvalue weighted by atomic mass is 10.1. The third kappa shape index (κ3) is 6.32. The summed E-state index contributed by atoms with van der Waals surface area (Å²) < 4.78 is 57.3. The molecule has 0 aliphatic heterocycles. The zero-order valence-electron chi connectivity index (χ0n) is 20.4. The summed E-state index contributed by atoms with van der Waals surface area (Å²) in [4.78, 5) is 12.7. The van der Waals surface area contributed by atoms with Crippen LogP contribution < -0.4 is 9.62 Å². The summed E-state index contributed by atoms with van der Waals surface area (Å²) in [7, 11) is -7.26. The molecule has 0 fully saturated rings. The Morgan fingerprint density at radius 1 is 0.921 bits per heavy atom. The number of sulfonamides is 1. The number of benzene rings is 3. The number of hydrogen-bond acceptors (Lipinski definition) is 6. The van der Waals surface area contributed by atoms with Crippen molar-refractivity contribution < 1.29 is 26.0 Å².